The molecule has 5 nitrogen and oxygen atoms in total. The van der Waals surface area contributed by atoms with Crippen molar-refractivity contribution < 1.29 is 4.42 Å². The predicted molar refractivity (Wildman–Crippen MR) is 87.8 cm³/mol. The third-order valence-electron chi connectivity index (χ3n) is 3.91. The Morgan fingerprint density at radius 1 is 0.913 bits per heavy atom. The fourth-order valence-electron chi connectivity index (χ4n) is 2.86. The fourth-order valence-corrected chi connectivity index (χ4v) is 2.86. The van der Waals surface area contributed by atoms with Gasteiger partial charge in [-0.3, -0.25) is 4.98 Å². The molecular weight excluding hydrogens is 288 g/mol. The molecule has 108 valence electrons. The average molecular weight is 298 g/mol. The van der Waals surface area contributed by atoms with Crippen LogP contribution >= 0.6 is 0 Å². The van der Waals surface area contributed by atoms with Crippen LogP contribution in [0.15, 0.2) is 65.6 Å². The monoisotopic (exact) mass is 298 g/mol. The van der Waals surface area contributed by atoms with Gasteiger partial charge in [-0.25, -0.2) is 15.0 Å². The van der Waals surface area contributed by atoms with Crippen LogP contribution in [0.5, 0.6) is 0 Å². The van der Waals surface area contributed by atoms with Crippen LogP contribution in [0.2, 0.25) is 0 Å². The quantitative estimate of drug-likeness (QED) is 0.468. The predicted octanol–water partition coefficient (Wildman–Crippen LogP) is 3.99. The van der Waals surface area contributed by atoms with E-state index in [1.807, 2.05) is 36.4 Å². The van der Waals surface area contributed by atoms with Gasteiger partial charge in [-0.2, -0.15) is 0 Å². The van der Waals surface area contributed by atoms with Gasteiger partial charge >= 0.3 is 0 Å². The van der Waals surface area contributed by atoms with Crippen LogP contribution < -0.4 is 0 Å². The van der Waals surface area contributed by atoms with Crippen molar-refractivity contribution in [3.63, 3.8) is 0 Å². The summed E-state index contributed by atoms with van der Waals surface area (Å²) in [6.07, 6.45) is 4.96. The highest BCUT2D eigenvalue weighted by atomic mass is 16.3. The maximum atomic E-state index is 5.78. The lowest BCUT2D eigenvalue weighted by molar-refractivity contribution is 0.652. The van der Waals surface area contributed by atoms with Gasteiger partial charge in [-0.05, 0) is 18.2 Å². The van der Waals surface area contributed by atoms with Crippen LogP contribution in [0.1, 0.15) is 0 Å². The summed E-state index contributed by atoms with van der Waals surface area (Å²) in [6.45, 7) is 0. The van der Waals surface area contributed by atoms with Crippen molar-refractivity contribution in [1.29, 1.82) is 0 Å². The molecule has 0 aliphatic rings. The highest BCUT2D eigenvalue weighted by Crippen LogP contribution is 2.33. The van der Waals surface area contributed by atoms with Gasteiger partial charge in [0.2, 0.25) is 5.71 Å². The van der Waals surface area contributed by atoms with Crippen molar-refractivity contribution >= 4 is 33.0 Å². The summed E-state index contributed by atoms with van der Waals surface area (Å²) in [7, 11) is 0. The Hall–Kier alpha value is -3.34. The van der Waals surface area contributed by atoms with Crippen molar-refractivity contribution in [2.75, 3.05) is 0 Å². The Labute approximate surface area is 130 Å². The molecule has 5 aromatic rings. The summed E-state index contributed by atoms with van der Waals surface area (Å²) >= 11 is 0. The molecule has 0 atom stereocenters. The molecular formula is C18H10N4O. The van der Waals surface area contributed by atoms with Gasteiger partial charge in [0, 0.05) is 17.8 Å². The van der Waals surface area contributed by atoms with Gasteiger partial charge in [0.15, 0.2) is 0 Å². The number of nitrogens with zero attached hydrogens (tertiary/aromatic N) is 4. The molecule has 0 amide bonds. The number of para-hydroxylation sites is 1. The van der Waals surface area contributed by atoms with E-state index in [0.29, 0.717) is 5.71 Å². The third-order valence-corrected chi connectivity index (χ3v) is 3.91. The Morgan fingerprint density at radius 2 is 1.87 bits per heavy atom. The second-order valence-electron chi connectivity index (χ2n) is 5.27. The maximum Gasteiger partial charge on any atom is 0.230 e. The van der Waals surface area contributed by atoms with E-state index in [4.69, 9.17) is 9.40 Å². The lowest BCUT2D eigenvalue weighted by Gasteiger charge is -2.03. The van der Waals surface area contributed by atoms with E-state index in [2.05, 4.69) is 21.0 Å². The number of furan rings is 1. The van der Waals surface area contributed by atoms with E-state index >= 15 is 0 Å². The first-order valence-corrected chi connectivity index (χ1v) is 7.23. The standard InChI is InChI=1S/C18H10N4O/c1-2-4-13-11(3-1)5-6-14(22-13)17-16-12-9-19-10-21-18(12)23-15(16)7-8-20-17/h1-10H. The largest absolute Gasteiger partial charge is 0.437 e. The van der Waals surface area contributed by atoms with Crippen LogP contribution in [0, 0.1) is 0 Å². The van der Waals surface area contributed by atoms with E-state index in [1.165, 1.54) is 6.33 Å². The maximum absolute atomic E-state index is 5.78. The molecule has 0 bridgehead atoms. The molecule has 4 heterocycles. The van der Waals surface area contributed by atoms with Gasteiger partial charge < -0.3 is 4.42 Å². The summed E-state index contributed by atoms with van der Waals surface area (Å²) < 4.78 is 5.78. The molecule has 23 heavy (non-hydrogen) atoms. The van der Waals surface area contributed by atoms with Crippen molar-refractivity contribution in [2.24, 2.45) is 0 Å². The van der Waals surface area contributed by atoms with Crippen LogP contribution in [0.25, 0.3) is 44.4 Å². The second kappa shape index (κ2) is 4.58. The topological polar surface area (TPSA) is 64.7 Å². The highest BCUT2D eigenvalue weighted by molar-refractivity contribution is 6.09. The minimum atomic E-state index is 0.560. The third kappa shape index (κ3) is 1.80. The first-order valence-electron chi connectivity index (χ1n) is 7.23. The lowest BCUT2D eigenvalue weighted by atomic mass is 10.1. The summed E-state index contributed by atoms with van der Waals surface area (Å²) in [5.41, 5.74) is 3.82. The van der Waals surface area contributed by atoms with E-state index in [-0.39, 0.29) is 0 Å². The lowest BCUT2D eigenvalue weighted by Crippen LogP contribution is -1.89. The molecule has 0 saturated heterocycles. The molecule has 5 heteroatoms. The van der Waals surface area contributed by atoms with Crippen LogP contribution in [0.4, 0.5) is 0 Å². The molecule has 5 rings (SSSR count). The normalized spacial score (nSPS) is 11.5. The molecule has 0 aliphatic carbocycles. The van der Waals surface area contributed by atoms with Gasteiger partial charge in [-0.15, -0.1) is 0 Å². The molecule has 0 saturated carbocycles. The Morgan fingerprint density at radius 3 is 2.87 bits per heavy atom. The number of rotatable bonds is 1. The first kappa shape index (κ1) is 12.2. The fraction of sp³-hybridized carbons (Fsp3) is 0. The molecule has 0 radical (unpaired) electrons. The number of fused-ring (bicyclic) bond motifs is 4. The second-order valence-corrected chi connectivity index (χ2v) is 5.27. The zero-order valence-electron chi connectivity index (χ0n) is 12.0. The number of benzene rings is 1. The van der Waals surface area contributed by atoms with Crippen molar-refractivity contribution in [3.05, 3.63) is 61.2 Å². The van der Waals surface area contributed by atoms with Crippen molar-refractivity contribution in [1.82, 2.24) is 19.9 Å². The smallest absolute Gasteiger partial charge is 0.230 e. The molecule has 0 fully saturated rings. The van der Waals surface area contributed by atoms with Gasteiger partial charge in [0.05, 0.1) is 22.0 Å². The van der Waals surface area contributed by atoms with Crippen LogP contribution in [-0.2, 0) is 0 Å². The molecule has 4 aromatic heterocycles. The summed E-state index contributed by atoms with van der Waals surface area (Å²) in [5.74, 6) is 0. The van der Waals surface area contributed by atoms with Crippen LogP contribution in [-0.4, -0.2) is 19.9 Å². The molecule has 0 N–H and O–H groups in total. The van der Waals surface area contributed by atoms with Gasteiger partial charge in [-0.1, -0.05) is 24.3 Å². The number of pyridine rings is 2. The minimum Gasteiger partial charge on any atom is -0.437 e. The van der Waals surface area contributed by atoms with Crippen molar-refractivity contribution in [2.45, 2.75) is 0 Å². The number of aromatic nitrogens is 4. The molecule has 0 spiro atoms. The average Bonchev–Trinajstić information content (AvgIpc) is 3.00. The minimum absolute atomic E-state index is 0.560. The molecule has 1 aromatic carbocycles. The van der Waals surface area contributed by atoms with Crippen molar-refractivity contribution in [3.8, 4) is 11.4 Å². The highest BCUT2D eigenvalue weighted by Gasteiger charge is 2.15. The molecule has 0 aliphatic heterocycles. The van der Waals surface area contributed by atoms with Gasteiger partial charge in [0.25, 0.3) is 0 Å². The van der Waals surface area contributed by atoms with E-state index in [1.54, 1.807) is 12.4 Å². The number of hydrogen-bond donors (Lipinski definition) is 0. The molecule has 0 unspecified atom stereocenters. The summed E-state index contributed by atoms with van der Waals surface area (Å²) in [5, 5.41) is 2.84. The summed E-state index contributed by atoms with van der Waals surface area (Å²) in [6, 6.07) is 13.9. The zero-order chi connectivity index (χ0) is 15.2. The first-order chi connectivity index (χ1) is 11.4. The Bertz CT molecular complexity index is 1180. The van der Waals surface area contributed by atoms with E-state index in [0.717, 1.165) is 38.6 Å². The Balaban J connectivity index is 1.87. The summed E-state index contributed by atoms with van der Waals surface area (Å²) in [4.78, 5) is 17.5. The van der Waals surface area contributed by atoms with Crippen LogP contribution in [0.3, 0.4) is 0 Å². The SMILES string of the molecule is c1ccc2nc(-c3nccc4oc5ncncc5c34)ccc2c1. The van der Waals surface area contributed by atoms with Gasteiger partial charge in [0.1, 0.15) is 17.6 Å². The zero-order valence-corrected chi connectivity index (χ0v) is 12.0. The number of hydrogen-bond acceptors (Lipinski definition) is 5. The van der Waals surface area contributed by atoms with E-state index in [9.17, 15) is 0 Å². The Kier molecular flexibility index (Phi) is 2.43. The van der Waals surface area contributed by atoms with E-state index < -0.39 is 0 Å².